The third kappa shape index (κ3) is 1.97. The summed E-state index contributed by atoms with van der Waals surface area (Å²) in [5.74, 6) is -1.09. The van der Waals surface area contributed by atoms with Crippen molar-refractivity contribution < 1.29 is 18.8 Å². The predicted molar refractivity (Wildman–Crippen MR) is 74.8 cm³/mol. The molecule has 0 radical (unpaired) electrons. The molecular weight excluding hydrogens is 286 g/mol. The summed E-state index contributed by atoms with van der Waals surface area (Å²) in [6.45, 7) is 0. The van der Waals surface area contributed by atoms with Gasteiger partial charge in [-0.25, -0.2) is 0 Å². The summed E-state index contributed by atoms with van der Waals surface area (Å²) >= 11 is 0. The molecule has 0 bridgehead atoms. The average Bonchev–Trinajstić information content (AvgIpc) is 3.10. The molecular formula is C15H13N3O4. The molecule has 1 aliphatic heterocycles. The molecule has 1 atom stereocenters. The Morgan fingerprint density at radius 3 is 2.82 bits per heavy atom. The molecule has 1 saturated carbocycles. The van der Waals surface area contributed by atoms with Gasteiger partial charge in [0.05, 0.1) is 18.1 Å². The van der Waals surface area contributed by atoms with Gasteiger partial charge in [-0.05, 0) is 25.0 Å². The van der Waals surface area contributed by atoms with Crippen LogP contribution in [0.5, 0.6) is 0 Å². The molecule has 112 valence electrons. The molecule has 0 aromatic carbocycles. The Hall–Kier alpha value is -2.70. The van der Waals surface area contributed by atoms with Gasteiger partial charge in [0, 0.05) is 12.2 Å². The number of nitrogens with one attached hydrogen (secondary N) is 1. The van der Waals surface area contributed by atoms with Crippen LogP contribution < -0.4 is 5.32 Å². The minimum absolute atomic E-state index is 0.00175. The quantitative estimate of drug-likeness (QED) is 0.848. The Bertz CT molecular complexity index is 793. The predicted octanol–water partition coefficient (Wildman–Crippen LogP) is 0.847. The molecule has 1 N–H and O–H groups in total. The second kappa shape index (κ2) is 4.66. The first kappa shape index (κ1) is 13.0. The highest BCUT2D eigenvalue weighted by atomic mass is 16.3. The number of nitrogens with zero attached hydrogens (tertiary/aromatic N) is 2. The Morgan fingerprint density at radius 2 is 2.14 bits per heavy atom. The minimum atomic E-state index is -0.739. The molecule has 3 amide bonds. The number of carbonyl (C=O) groups excluding carboxylic acids is 3. The van der Waals surface area contributed by atoms with Gasteiger partial charge in [0.25, 0.3) is 5.91 Å². The van der Waals surface area contributed by atoms with Crippen LogP contribution in [0.3, 0.4) is 0 Å². The zero-order valence-corrected chi connectivity index (χ0v) is 11.6. The van der Waals surface area contributed by atoms with Gasteiger partial charge in [0.2, 0.25) is 11.8 Å². The van der Waals surface area contributed by atoms with E-state index in [0.29, 0.717) is 11.0 Å². The van der Waals surface area contributed by atoms with Gasteiger partial charge in [-0.3, -0.25) is 24.7 Å². The second-order valence-corrected chi connectivity index (χ2v) is 5.57. The first-order valence-corrected chi connectivity index (χ1v) is 7.13. The smallest absolute Gasteiger partial charge is 0.274 e. The van der Waals surface area contributed by atoms with Crippen LogP contribution >= 0.6 is 0 Å². The highest BCUT2D eigenvalue weighted by Crippen LogP contribution is 2.33. The van der Waals surface area contributed by atoms with E-state index in [9.17, 15) is 14.4 Å². The largest absolute Gasteiger partial charge is 0.464 e. The molecule has 4 rings (SSSR count). The third-order valence-corrected chi connectivity index (χ3v) is 4.04. The number of furan rings is 1. The normalized spacial score (nSPS) is 21.2. The van der Waals surface area contributed by atoms with E-state index in [4.69, 9.17) is 4.42 Å². The summed E-state index contributed by atoms with van der Waals surface area (Å²) in [5.41, 5.74) is 0.825. The van der Waals surface area contributed by atoms with Gasteiger partial charge >= 0.3 is 0 Å². The number of hydrogen-bond donors (Lipinski definition) is 1. The summed E-state index contributed by atoms with van der Waals surface area (Å²) in [7, 11) is 0. The molecule has 2 fully saturated rings. The molecule has 0 spiro atoms. The Balaban J connectivity index is 1.74. The monoisotopic (exact) mass is 299 g/mol. The van der Waals surface area contributed by atoms with E-state index in [1.54, 1.807) is 12.1 Å². The fraction of sp³-hybridized carbons (Fsp3) is 0.333. The van der Waals surface area contributed by atoms with Crippen molar-refractivity contribution in [2.45, 2.75) is 31.3 Å². The van der Waals surface area contributed by atoms with Crippen molar-refractivity contribution in [3.05, 3.63) is 30.3 Å². The van der Waals surface area contributed by atoms with Gasteiger partial charge in [0.15, 0.2) is 0 Å². The van der Waals surface area contributed by atoms with Crippen molar-refractivity contribution in [1.29, 1.82) is 0 Å². The Morgan fingerprint density at radius 1 is 1.32 bits per heavy atom. The molecule has 3 heterocycles. The van der Waals surface area contributed by atoms with Gasteiger partial charge in [0.1, 0.15) is 17.3 Å². The lowest BCUT2D eigenvalue weighted by molar-refractivity contribution is -0.126. The van der Waals surface area contributed by atoms with Crippen LogP contribution in [-0.2, 0) is 9.59 Å². The summed E-state index contributed by atoms with van der Waals surface area (Å²) in [4.78, 5) is 42.0. The molecule has 1 saturated heterocycles. The zero-order valence-electron chi connectivity index (χ0n) is 11.6. The standard InChI is InChI=1S/C15H13N3O4/c19-12-7-10(14(20)17-12)18(8-1-2-8)15(21)13-9-4-6-22-11(9)3-5-16-13/h3-6,8,10H,1-2,7H2,(H,17,19,20). The lowest BCUT2D eigenvalue weighted by Crippen LogP contribution is -2.46. The van der Waals surface area contributed by atoms with Crippen LogP contribution in [-0.4, -0.2) is 39.7 Å². The maximum absolute atomic E-state index is 12.9. The average molecular weight is 299 g/mol. The van der Waals surface area contributed by atoms with Crippen LogP contribution in [0.15, 0.2) is 29.0 Å². The van der Waals surface area contributed by atoms with E-state index >= 15 is 0 Å². The molecule has 7 heteroatoms. The molecule has 2 aliphatic rings. The first-order chi connectivity index (χ1) is 10.6. The number of rotatable bonds is 3. The van der Waals surface area contributed by atoms with Crippen LogP contribution in [0.2, 0.25) is 0 Å². The maximum Gasteiger partial charge on any atom is 0.274 e. The van der Waals surface area contributed by atoms with Crippen molar-refractivity contribution in [2.75, 3.05) is 0 Å². The summed E-state index contributed by atoms with van der Waals surface area (Å²) < 4.78 is 5.28. The van der Waals surface area contributed by atoms with Crippen molar-refractivity contribution in [1.82, 2.24) is 15.2 Å². The molecule has 1 aliphatic carbocycles. The minimum Gasteiger partial charge on any atom is -0.464 e. The number of imide groups is 1. The number of hydrogen-bond acceptors (Lipinski definition) is 5. The fourth-order valence-electron chi connectivity index (χ4n) is 2.87. The highest BCUT2D eigenvalue weighted by Gasteiger charge is 2.45. The highest BCUT2D eigenvalue weighted by molar-refractivity contribution is 6.10. The first-order valence-electron chi connectivity index (χ1n) is 7.13. The van der Waals surface area contributed by atoms with Gasteiger partial charge < -0.3 is 9.32 Å². The van der Waals surface area contributed by atoms with Crippen LogP contribution in [0, 0.1) is 0 Å². The Labute approximate surface area is 125 Å². The van der Waals surface area contributed by atoms with E-state index in [1.807, 2.05) is 0 Å². The molecule has 22 heavy (non-hydrogen) atoms. The zero-order chi connectivity index (χ0) is 15.3. The van der Waals surface area contributed by atoms with Crippen molar-refractivity contribution in [3.63, 3.8) is 0 Å². The van der Waals surface area contributed by atoms with Gasteiger partial charge in [-0.2, -0.15) is 0 Å². The number of pyridine rings is 1. The van der Waals surface area contributed by atoms with Gasteiger partial charge in [-0.1, -0.05) is 0 Å². The van der Waals surface area contributed by atoms with E-state index in [-0.39, 0.29) is 30.0 Å². The molecule has 1 unspecified atom stereocenters. The summed E-state index contributed by atoms with van der Waals surface area (Å²) in [5, 5.41) is 2.87. The number of aromatic nitrogens is 1. The van der Waals surface area contributed by atoms with Gasteiger partial charge in [-0.15, -0.1) is 0 Å². The van der Waals surface area contributed by atoms with Crippen LogP contribution in [0.25, 0.3) is 11.0 Å². The van der Waals surface area contributed by atoms with Crippen molar-refractivity contribution in [2.24, 2.45) is 0 Å². The van der Waals surface area contributed by atoms with Crippen molar-refractivity contribution >= 4 is 28.7 Å². The van der Waals surface area contributed by atoms with Crippen LogP contribution in [0.1, 0.15) is 29.8 Å². The second-order valence-electron chi connectivity index (χ2n) is 5.57. The molecule has 2 aromatic rings. The Kier molecular flexibility index (Phi) is 2.75. The number of amides is 3. The van der Waals surface area contributed by atoms with E-state index in [0.717, 1.165) is 12.8 Å². The van der Waals surface area contributed by atoms with Crippen molar-refractivity contribution in [3.8, 4) is 0 Å². The third-order valence-electron chi connectivity index (χ3n) is 4.04. The topological polar surface area (TPSA) is 92.5 Å². The van der Waals surface area contributed by atoms with E-state index in [2.05, 4.69) is 10.3 Å². The molecule has 7 nitrogen and oxygen atoms in total. The summed E-state index contributed by atoms with van der Waals surface area (Å²) in [6, 6.07) is 2.62. The SMILES string of the molecule is O=C1CC(N(C(=O)c2nccc3occc23)C2CC2)C(=O)N1. The number of fused-ring (bicyclic) bond motifs is 1. The van der Waals surface area contributed by atoms with E-state index < -0.39 is 11.9 Å². The lowest BCUT2D eigenvalue weighted by Gasteiger charge is -2.26. The number of carbonyl (C=O) groups is 3. The summed E-state index contributed by atoms with van der Waals surface area (Å²) in [6.07, 6.45) is 4.69. The maximum atomic E-state index is 12.9. The molecule has 2 aromatic heterocycles. The fourth-order valence-corrected chi connectivity index (χ4v) is 2.87. The van der Waals surface area contributed by atoms with E-state index in [1.165, 1.54) is 17.4 Å². The van der Waals surface area contributed by atoms with Crippen LogP contribution in [0.4, 0.5) is 0 Å². The lowest BCUT2D eigenvalue weighted by atomic mass is 10.1.